The molecule has 7 unspecified atom stereocenters. The highest BCUT2D eigenvalue weighted by Gasteiger charge is 2.53. The maximum absolute atomic E-state index is 14.3. The predicted octanol–water partition coefficient (Wildman–Crippen LogP) is 7.35. The molecule has 70 heavy (non-hydrogen) atoms. The number of likely N-dealkylation sites (N-methyl/N-ethyl adjacent to an activating group) is 1. The third-order valence-electron chi connectivity index (χ3n) is 14.6. The molecule has 0 aromatic heterocycles. The van der Waals surface area contributed by atoms with Crippen molar-refractivity contribution < 1.29 is 75.7 Å². The number of hydrogen-bond acceptors (Lipinski definition) is 17. The molecule has 0 aliphatic carbocycles. The van der Waals surface area contributed by atoms with Gasteiger partial charge in [0, 0.05) is 65.6 Å². The van der Waals surface area contributed by atoms with E-state index in [2.05, 4.69) is 43.4 Å². The molecule has 17 atom stereocenters. The zero-order chi connectivity index (χ0) is 51.9. The summed E-state index contributed by atoms with van der Waals surface area (Å²) in [6.07, 6.45) is -0.0763. The molecule has 2 bridgehead atoms. The number of fused-ring (bicyclic) bond motifs is 3. The van der Waals surface area contributed by atoms with Crippen molar-refractivity contribution in [3.05, 3.63) is 23.8 Å². The average molecular weight is 1120 g/mol. The molecule has 0 amide bonds. The van der Waals surface area contributed by atoms with Gasteiger partial charge in [0.2, 0.25) is 0 Å². The van der Waals surface area contributed by atoms with Crippen molar-refractivity contribution in [3.63, 3.8) is 0 Å². The van der Waals surface area contributed by atoms with E-state index in [-0.39, 0.29) is 36.9 Å². The smallest absolute Gasteiger partial charge is 0.309 e. The Hall–Kier alpha value is -1.89. The maximum Gasteiger partial charge on any atom is 0.309 e. The second kappa shape index (κ2) is 29.3. The standard InChI is InChI=1S/C51H86INO16Si/c1-15-70(16-2,17-3)69-45-34(8)63-50(48(59-14)47(45)58-13)62-29-38-26-30(4)20-21-39(56)31(5)27-37-22-25-60-23-18-19-24-61-40(28-41(57)67-49(38)52)32(6)43(37)68-51-46(66-36(10)55)42(53(11)12)44(33(7)64-51)65-35(9)54/h20-21,26,31-34,37-38,40,42-51H,15-19,22-25,27-29H2,1-14H3/b21-20+,30-26+/t31-,32+,33?,34?,37+,38-,40-,42?,43-,44-,45?,46?,47?,48?,49+,50-,51+/m1/s1. The van der Waals surface area contributed by atoms with Gasteiger partial charge in [0.1, 0.15) is 18.3 Å². The van der Waals surface area contributed by atoms with Crippen LogP contribution in [0, 0.1) is 23.7 Å². The number of hydrogen-bond donors (Lipinski definition) is 0. The van der Waals surface area contributed by atoms with E-state index in [9.17, 15) is 19.2 Å². The Balaban J connectivity index is 1.71. The third-order valence-corrected chi connectivity index (χ3v) is 20.4. The van der Waals surface area contributed by atoms with Crippen LogP contribution >= 0.6 is 22.6 Å². The van der Waals surface area contributed by atoms with Gasteiger partial charge in [0.05, 0.1) is 49.6 Å². The summed E-state index contributed by atoms with van der Waals surface area (Å²) in [6.45, 7) is 20.1. The van der Waals surface area contributed by atoms with Crippen molar-refractivity contribution in [2.75, 3.05) is 54.7 Å². The molecule has 4 aliphatic heterocycles. The molecule has 3 fully saturated rings. The summed E-state index contributed by atoms with van der Waals surface area (Å²) in [6, 6.07) is 2.27. The summed E-state index contributed by atoms with van der Waals surface area (Å²) in [5.41, 5.74) is 0.772. The second-order valence-corrected chi connectivity index (χ2v) is 25.8. The molecule has 0 aromatic rings. The Bertz CT molecular complexity index is 1710. The Morgan fingerprint density at radius 3 is 2.03 bits per heavy atom. The molecule has 0 N–H and O–H groups in total. The average Bonchev–Trinajstić information content (AvgIpc) is 3.30. The minimum Gasteiger partial charge on any atom is -0.458 e. The molecule has 17 nitrogen and oxygen atoms in total. The molecule has 4 heterocycles. The first-order chi connectivity index (χ1) is 33.2. The molecule has 3 saturated heterocycles. The van der Waals surface area contributed by atoms with Crippen LogP contribution in [0.1, 0.15) is 101 Å². The van der Waals surface area contributed by atoms with E-state index < -0.39 is 109 Å². The molecular weight excluding hydrogens is 1040 g/mol. The van der Waals surface area contributed by atoms with Crippen LogP contribution in [0.2, 0.25) is 18.1 Å². The van der Waals surface area contributed by atoms with Gasteiger partial charge in [-0.15, -0.1) is 0 Å². The topological polar surface area (TPSA) is 182 Å². The lowest BCUT2D eigenvalue weighted by Crippen LogP contribution is -2.65. The zero-order valence-corrected chi connectivity index (χ0v) is 47.5. The van der Waals surface area contributed by atoms with E-state index in [1.165, 1.54) is 13.8 Å². The van der Waals surface area contributed by atoms with Crippen molar-refractivity contribution in [2.45, 2.75) is 197 Å². The van der Waals surface area contributed by atoms with Crippen molar-refractivity contribution in [1.29, 1.82) is 0 Å². The SMILES string of the molecule is CC[Si](CC)(CC)OC1C(C)O[C@@H](OC[C@H]2/C=C(C)/C=C/C(=O)[C@H](C)C[C@@H]3CCOCCCCO[C@H](CC(=O)O[C@@H]2I)[C@H](C)[C@H]3O[C@@H]2OC(C)[C@@H](OC(C)=O)C(N(C)C)C2OC(C)=O)C(OC)C1OC. The molecule has 0 spiro atoms. The van der Waals surface area contributed by atoms with Crippen LogP contribution in [0.15, 0.2) is 23.8 Å². The highest BCUT2D eigenvalue weighted by Crippen LogP contribution is 2.38. The van der Waals surface area contributed by atoms with Crippen molar-refractivity contribution in [3.8, 4) is 0 Å². The van der Waals surface area contributed by atoms with Gasteiger partial charge in [-0.05, 0) is 113 Å². The summed E-state index contributed by atoms with van der Waals surface area (Å²) in [5.74, 6) is -3.38. The molecule has 19 heteroatoms. The number of halogens is 1. The third kappa shape index (κ3) is 16.8. The molecule has 0 saturated carbocycles. The Labute approximate surface area is 432 Å². The monoisotopic (exact) mass is 1120 g/mol. The van der Waals surface area contributed by atoms with E-state index >= 15 is 0 Å². The minimum atomic E-state index is -2.05. The summed E-state index contributed by atoms with van der Waals surface area (Å²) < 4.78 is 75.8. The van der Waals surface area contributed by atoms with E-state index in [1.807, 2.05) is 52.8 Å². The Morgan fingerprint density at radius 1 is 0.800 bits per heavy atom. The number of esters is 3. The molecule has 0 aromatic carbocycles. The van der Waals surface area contributed by atoms with Gasteiger partial charge in [0.25, 0.3) is 0 Å². The van der Waals surface area contributed by atoms with Crippen LogP contribution in [0.4, 0.5) is 0 Å². The Kier molecular flexibility index (Phi) is 25.4. The van der Waals surface area contributed by atoms with Crippen molar-refractivity contribution in [2.24, 2.45) is 23.7 Å². The second-order valence-electron chi connectivity index (χ2n) is 19.8. The number of methoxy groups -OCH3 is 2. The van der Waals surface area contributed by atoms with Crippen LogP contribution in [-0.2, 0) is 75.7 Å². The van der Waals surface area contributed by atoms with Crippen LogP contribution in [0.5, 0.6) is 0 Å². The largest absolute Gasteiger partial charge is 0.458 e. The minimum absolute atomic E-state index is 0.0789. The van der Waals surface area contributed by atoms with Crippen LogP contribution < -0.4 is 0 Å². The number of ether oxygens (including phenoxy) is 11. The molecule has 4 rings (SSSR count). The molecule has 4 aliphatic rings. The van der Waals surface area contributed by atoms with Gasteiger partial charge < -0.3 is 56.5 Å². The number of allylic oxidation sites excluding steroid dienone is 3. The Morgan fingerprint density at radius 2 is 1.41 bits per heavy atom. The number of rotatable bonds is 15. The van der Waals surface area contributed by atoms with E-state index in [1.54, 1.807) is 33.3 Å². The van der Waals surface area contributed by atoms with E-state index in [4.69, 9.17) is 56.5 Å². The quantitative estimate of drug-likeness (QED) is 0.0521. The number of ketones is 1. The normalized spacial score (nSPS) is 38.1. The molecule has 0 radical (unpaired) electrons. The van der Waals surface area contributed by atoms with Gasteiger partial charge in [-0.3, -0.25) is 24.1 Å². The first-order valence-corrected chi connectivity index (χ1v) is 29.3. The fourth-order valence-corrected chi connectivity index (χ4v) is 13.9. The van der Waals surface area contributed by atoms with Gasteiger partial charge in [0.15, 0.2) is 36.9 Å². The number of cyclic esters (lactones) is 1. The lowest BCUT2D eigenvalue weighted by molar-refractivity contribution is -0.309. The van der Waals surface area contributed by atoms with E-state index in [0.29, 0.717) is 39.1 Å². The first kappa shape index (κ1) is 60.7. The van der Waals surface area contributed by atoms with Gasteiger partial charge >= 0.3 is 17.9 Å². The number of alkyl halides is 1. The van der Waals surface area contributed by atoms with Gasteiger partial charge in [-0.25, -0.2) is 0 Å². The molecular formula is C51H86INO16Si. The highest BCUT2D eigenvalue weighted by atomic mass is 127. The maximum atomic E-state index is 14.3. The lowest BCUT2D eigenvalue weighted by atomic mass is 9.79. The van der Waals surface area contributed by atoms with Crippen LogP contribution in [0.25, 0.3) is 0 Å². The fourth-order valence-electron chi connectivity index (χ4n) is 10.3. The van der Waals surface area contributed by atoms with Gasteiger partial charge in [-0.2, -0.15) is 0 Å². The van der Waals surface area contributed by atoms with Crippen LogP contribution in [-0.4, -0.2) is 169 Å². The zero-order valence-electron chi connectivity index (χ0n) is 44.4. The van der Waals surface area contributed by atoms with Crippen molar-refractivity contribution >= 4 is 54.6 Å². The number of nitrogens with zero attached hydrogens (tertiary/aromatic N) is 1. The summed E-state index contributed by atoms with van der Waals surface area (Å²) in [4.78, 5) is 55.4. The van der Waals surface area contributed by atoms with E-state index in [0.717, 1.165) is 30.1 Å². The summed E-state index contributed by atoms with van der Waals surface area (Å²) >= 11 is 2.13. The van der Waals surface area contributed by atoms with Crippen molar-refractivity contribution in [1.82, 2.24) is 4.90 Å². The summed E-state index contributed by atoms with van der Waals surface area (Å²) in [7, 11) is 4.83. The highest BCUT2D eigenvalue weighted by molar-refractivity contribution is 14.1. The summed E-state index contributed by atoms with van der Waals surface area (Å²) in [5, 5.41) is 0. The molecule has 402 valence electrons. The van der Waals surface area contributed by atoms with Gasteiger partial charge in [-0.1, -0.05) is 52.3 Å². The predicted molar refractivity (Wildman–Crippen MR) is 272 cm³/mol. The number of carbonyl (C=O) groups is 4. The fraction of sp³-hybridized carbons (Fsp3) is 0.843. The first-order valence-electron chi connectivity index (χ1n) is 25.5. The lowest BCUT2D eigenvalue weighted by Gasteiger charge is -2.48. The number of carbonyl (C=O) groups excluding carboxylic acids is 4. The van der Waals surface area contributed by atoms with Crippen LogP contribution in [0.3, 0.4) is 0 Å².